The fourth-order valence-corrected chi connectivity index (χ4v) is 3.47. The van der Waals surface area contributed by atoms with Crippen LogP contribution in [0.2, 0.25) is 15.1 Å². The van der Waals surface area contributed by atoms with Crippen LogP contribution in [0.3, 0.4) is 0 Å². The van der Waals surface area contributed by atoms with Gasteiger partial charge in [0.2, 0.25) is 5.91 Å². The molecule has 0 bridgehead atoms. The maximum Gasteiger partial charge on any atom is 0.254 e. The van der Waals surface area contributed by atoms with Gasteiger partial charge in [-0.2, -0.15) is 0 Å². The molecular weight excluding hydrogens is 433 g/mol. The van der Waals surface area contributed by atoms with Crippen molar-refractivity contribution in [1.82, 2.24) is 14.8 Å². The summed E-state index contributed by atoms with van der Waals surface area (Å²) in [6.07, 6.45) is 0. The second-order valence-electron chi connectivity index (χ2n) is 6.74. The van der Waals surface area contributed by atoms with E-state index >= 15 is 0 Å². The summed E-state index contributed by atoms with van der Waals surface area (Å²) in [4.78, 5) is 32.6. The van der Waals surface area contributed by atoms with Gasteiger partial charge in [-0.05, 0) is 24.3 Å². The van der Waals surface area contributed by atoms with Gasteiger partial charge in [-0.1, -0.05) is 53.0 Å². The lowest BCUT2D eigenvalue weighted by atomic mass is 10.0. The molecule has 1 heterocycles. The van der Waals surface area contributed by atoms with Crippen molar-refractivity contribution in [1.29, 1.82) is 0 Å². The predicted molar refractivity (Wildman–Crippen MR) is 118 cm³/mol. The number of para-hydroxylation sites is 1. The molecule has 150 valence electrons. The molecule has 0 aliphatic rings. The van der Waals surface area contributed by atoms with Crippen molar-refractivity contribution in [3.63, 3.8) is 0 Å². The number of carbonyl (C=O) groups excluding carboxylic acids is 2. The fourth-order valence-electron chi connectivity index (χ4n) is 2.84. The second kappa shape index (κ2) is 8.57. The number of amides is 2. The van der Waals surface area contributed by atoms with Gasteiger partial charge in [-0.15, -0.1) is 0 Å². The smallest absolute Gasteiger partial charge is 0.254 e. The largest absolute Gasteiger partial charge is 0.347 e. The topological polar surface area (TPSA) is 53.5 Å². The van der Waals surface area contributed by atoms with Crippen LogP contribution in [-0.2, 0) is 4.79 Å². The van der Waals surface area contributed by atoms with E-state index in [-0.39, 0.29) is 28.4 Å². The van der Waals surface area contributed by atoms with Crippen LogP contribution in [0.25, 0.3) is 22.2 Å². The van der Waals surface area contributed by atoms with Crippen LogP contribution in [0.1, 0.15) is 10.4 Å². The standard InChI is InChI=1S/C21H18Cl3N3O2/c1-26(2)18(28)11-27(3)21(29)14-10-17(25-16-7-5-4-6-12(14)16)13-8-9-15(22)20(24)19(13)23/h4-10H,11H2,1-3H3. The molecular formula is C21H18Cl3N3O2. The molecule has 0 saturated heterocycles. The van der Waals surface area contributed by atoms with Gasteiger partial charge in [-0.25, -0.2) is 4.98 Å². The molecule has 0 unspecified atom stereocenters. The zero-order valence-corrected chi connectivity index (χ0v) is 18.3. The minimum absolute atomic E-state index is 0.0364. The number of rotatable bonds is 4. The molecule has 29 heavy (non-hydrogen) atoms. The van der Waals surface area contributed by atoms with Crippen molar-refractivity contribution < 1.29 is 9.59 Å². The number of carbonyl (C=O) groups is 2. The van der Waals surface area contributed by atoms with Crippen molar-refractivity contribution >= 4 is 57.5 Å². The Hall–Kier alpha value is -2.34. The minimum Gasteiger partial charge on any atom is -0.347 e. The third-order valence-electron chi connectivity index (χ3n) is 4.48. The predicted octanol–water partition coefficient (Wildman–Crippen LogP) is 5.02. The van der Waals surface area contributed by atoms with E-state index in [0.29, 0.717) is 32.7 Å². The average molecular weight is 451 g/mol. The van der Waals surface area contributed by atoms with E-state index < -0.39 is 0 Å². The van der Waals surface area contributed by atoms with Gasteiger partial charge in [0.1, 0.15) is 0 Å². The molecule has 0 aliphatic carbocycles. The van der Waals surface area contributed by atoms with Gasteiger partial charge in [0.15, 0.2) is 0 Å². The van der Waals surface area contributed by atoms with E-state index in [1.807, 2.05) is 24.3 Å². The van der Waals surface area contributed by atoms with Crippen LogP contribution in [0.5, 0.6) is 0 Å². The van der Waals surface area contributed by atoms with Gasteiger partial charge in [0.05, 0.1) is 38.4 Å². The van der Waals surface area contributed by atoms with Crippen LogP contribution < -0.4 is 0 Å². The summed E-state index contributed by atoms with van der Waals surface area (Å²) in [7, 11) is 4.88. The molecule has 0 aliphatic heterocycles. The quantitative estimate of drug-likeness (QED) is 0.524. The van der Waals surface area contributed by atoms with Gasteiger partial charge in [0, 0.05) is 32.1 Å². The minimum atomic E-state index is -0.295. The molecule has 3 aromatic rings. The molecule has 2 amide bonds. The Balaban J connectivity index is 2.14. The maximum atomic E-state index is 13.2. The second-order valence-corrected chi connectivity index (χ2v) is 7.91. The zero-order chi connectivity index (χ0) is 21.3. The molecule has 0 saturated carbocycles. The first-order chi connectivity index (χ1) is 13.7. The summed E-state index contributed by atoms with van der Waals surface area (Å²) in [5.74, 6) is -0.469. The van der Waals surface area contributed by atoms with Crippen molar-refractivity contribution in [2.45, 2.75) is 0 Å². The highest BCUT2D eigenvalue weighted by Crippen LogP contribution is 2.38. The van der Waals surface area contributed by atoms with Crippen LogP contribution in [-0.4, -0.2) is 54.3 Å². The van der Waals surface area contributed by atoms with Gasteiger partial charge >= 0.3 is 0 Å². The first-order valence-corrected chi connectivity index (χ1v) is 9.83. The van der Waals surface area contributed by atoms with E-state index in [1.54, 1.807) is 39.3 Å². The number of pyridine rings is 1. The number of halogens is 3. The molecule has 3 rings (SSSR count). The van der Waals surface area contributed by atoms with E-state index in [4.69, 9.17) is 34.8 Å². The molecule has 0 spiro atoms. The number of likely N-dealkylation sites (N-methyl/N-ethyl adjacent to an activating group) is 2. The van der Waals surface area contributed by atoms with Crippen molar-refractivity contribution in [3.05, 3.63) is 63.1 Å². The highest BCUT2D eigenvalue weighted by molar-refractivity contribution is 6.49. The summed E-state index contributed by atoms with van der Waals surface area (Å²) >= 11 is 18.6. The van der Waals surface area contributed by atoms with Crippen LogP contribution in [0.4, 0.5) is 0 Å². The molecule has 0 N–H and O–H groups in total. The Labute approximate surface area is 183 Å². The van der Waals surface area contributed by atoms with Gasteiger partial charge in [0.25, 0.3) is 5.91 Å². The van der Waals surface area contributed by atoms with E-state index in [9.17, 15) is 9.59 Å². The zero-order valence-electron chi connectivity index (χ0n) is 16.0. The number of aromatic nitrogens is 1. The Kier molecular flexibility index (Phi) is 6.32. The normalized spacial score (nSPS) is 10.8. The van der Waals surface area contributed by atoms with Crippen molar-refractivity contribution in [2.24, 2.45) is 0 Å². The lowest BCUT2D eigenvalue weighted by molar-refractivity contribution is -0.129. The Morgan fingerprint density at radius 2 is 1.66 bits per heavy atom. The van der Waals surface area contributed by atoms with Crippen LogP contribution in [0.15, 0.2) is 42.5 Å². The summed E-state index contributed by atoms with van der Waals surface area (Å²) in [6, 6.07) is 12.3. The summed E-state index contributed by atoms with van der Waals surface area (Å²) in [5, 5.41) is 1.50. The fraction of sp³-hybridized carbons (Fsp3) is 0.190. The molecule has 5 nitrogen and oxygen atoms in total. The summed E-state index contributed by atoms with van der Waals surface area (Å²) < 4.78 is 0. The number of hydrogen-bond acceptors (Lipinski definition) is 3. The Morgan fingerprint density at radius 1 is 0.966 bits per heavy atom. The van der Waals surface area contributed by atoms with E-state index in [0.717, 1.165) is 0 Å². The SMILES string of the molecule is CN(C)C(=O)CN(C)C(=O)c1cc(-c2ccc(Cl)c(Cl)c2Cl)nc2ccccc12. The van der Waals surface area contributed by atoms with E-state index in [2.05, 4.69) is 4.98 Å². The first kappa shape index (κ1) is 21.4. The maximum absolute atomic E-state index is 13.2. The molecule has 0 radical (unpaired) electrons. The number of nitrogens with zero attached hydrogens (tertiary/aromatic N) is 3. The number of fused-ring (bicyclic) bond motifs is 1. The van der Waals surface area contributed by atoms with E-state index in [1.165, 1.54) is 9.80 Å². The third kappa shape index (κ3) is 4.32. The first-order valence-electron chi connectivity index (χ1n) is 8.70. The van der Waals surface area contributed by atoms with Gasteiger partial charge in [-0.3, -0.25) is 9.59 Å². The lowest BCUT2D eigenvalue weighted by Gasteiger charge is -2.20. The number of benzene rings is 2. The molecule has 0 fully saturated rings. The third-order valence-corrected chi connectivity index (χ3v) is 5.77. The summed E-state index contributed by atoms with van der Waals surface area (Å²) in [6.45, 7) is -0.0364. The van der Waals surface area contributed by atoms with Gasteiger partial charge < -0.3 is 9.80 Å². The molecule has 1 aromatic heterocycles. The summed E-state index contributed by atoms with van der Waals surface area (Å²) in [5.41, 5.74) is 2.10. The average Bonchev–Trinajstić information content (AvgIpc) is 2.70. The Bertz CT molecular complexity index is 1120. The highest BCUT2D eigenvalue weighted by atomic mass is 35.5. The van der Waals surface area contributed by atoms with Crippen LogP contribution >= 0.6 is 34.8 Å². The molecule has 8 heteroatoms. The van der Waals surface area contributed by atoms with Crippen molar-refractivity contribution in [2.75, 3.05) is 27.7 Å². The van der Waals surface area contributed by atoms with Crippen molar-refractivity contribution in [3.8, 4) is 11.3 Å². The lowest BCUT2D eigenvalue weighted by Crippen LogP contribution is -2.37. The monoisotopic (exact) mass is 449 g/mol. The van der Waals surface area contributed by atoms with Crippen LogP contribution in [0, 0.1) is 0 Å². The Morgan fingerprint density at radius 3 is 2.34 bits per heavy atom. The molecule has 0 atom stereocenters. The number of hydrogen-bond donors (Lipinski definition) is 0. The highest BCUT2D eigenvalue weighted by Gasteiger charge is 2.21. The molecule has 2 aromatic carbocycles.